The van der Waals surface area contributed by atoms with Crippen LogP contribution in [0.2, 0.25) is 0 Å². The van der Waals surface area contributed by atoms with Crippen LogP contribution in [-0.4, -0.2) is 37.2 Å². The molecular formula is C59H114O6. The monoisotopic (exact) mass is 919 g/mol. The topological polar surface area (TPSA) is 78.9 Å². The maximum Gasteiger partial charge on any atom is 0.306 e. The fourth-order valence-electron chi connectivity index (χ4n) is 9.00. The Hall–Kier alpha value is -1.59. The molecule has 0 amide bonds. The van der Waals surface area contributed by atoms with Gasteiger partial charge in [0.1, 0.15) is 13.2 Å². The summed E-state index contributed by atoms with van der Waals surface area (Å²) >= 11 is 0. The molecule has 65 heavy (non-hydrogen) atoms. The SMILES string of the molecule is CC(C)CCCCCCCCCCCCCCCCCCC(=O)O[C@H](COC(=O)CCCCCCCCCCCCCCC(C)C)COC(=O)CCCCCCCCCCCCC(C)C. The van der Waals surface area contributed by atoms with Crippen LogP contribution in [0, 0.1) is 17.8 Å². The van der Waals surface area contributed by atoms with Crippen LogP contribution >= 0.6 is 0 Å². The lowest BCUT2D eigenvalue weighted by Crippen LogP contribution is -2.30. The van der Waals surface area contributed by atoms with Crippen molar-refractivity contribution in [3.05, 3.63) is 0 Å². The number of unbranched alkanes of at least 4 members (excludes halogenated alkanes) is 35. The van der Waals surface area contributed by atoms with Crippen molar-refractivity contribution in [3.8, 4) is 0 Å². The Balaban J connectivity index is 4.29. The Morgan fingerprint density at radius 2 is 0.446 bits per heavy atom. The Morgan fingerprint density at radius 3 is 0.662 bits per heavy atom. The third-order valence-corrected chi connectivity index (χ3v) is 13.4. The molecule has 0 saturated carbocycles. The lowest BCUT2D eigenvalue weighted by molar-refractivity contribution is -0.167. The molecule has 0 radical (unpaired) electrons. The summed E-state index contributed by atoms with van der Waals surface area (Å²) in [4.78, 5) is 38.1. The molecule has 0 bridgehead atoms. The van der Waals surface area contributed by atoms with Crippen molar-refractivity contribution in [1.29, 1.82) is 0 Å². The molecule has 386 valence electrons. The minimum atomic E-state index is -0.764. The maximum absolute atomic E-state index is 12.9. The summed E-state index contributed by atoms with van der Waals surface area (Å²) in [5, 5.41) is 0. The fraction of sp³-hybridized carbons (Fsp3) is 0.949. The Kier molecular flexibility index (Phi) is 49.1. The molecule has 1 atom stereocenters. The first-order valence-electron chi connectivity index (χ1n) is 29.1. The molecule has 6 heteroatoms. The molecule has 0 saturated heterocycles. The van der Waals surface area contributed by atoms with Gasteiger partial charge in [-0.2, -0.15) is 0 Å². The van der Waals surface area contributed by atoms with Crippen LogP contribution in [0.3, 0.4) is 0 Å². The van der Waals surface area contributed by atoms with E-state index < -0.39 is 6.10 Å². The Labute approximate surface area is 406 Å². The third kappa shape index (κ3) is 53.2. The lowest BCUT2D eigenvalue weighted by atomic mass is 10.0. The minimum Gasteiger partial charge on any atom is -0.462 e. The minimum absolute atomic E-state index is 0.0636. The second-order valence-corrected chi connectivity index (χ2v) is 21.7. The van der Waals surface area contributed by atoms with E-state index in [1.165, 1.54) is 205 Å². The largest absolute Gasteiger partial charge is 0.462 e. The molecule has 0 aliphatic heterocycles. The lowest BCUT2D eigenvalue weighted by Gasteiger charge is -2.18. The van der Waals surface area contributed by atoms with Gasteiger partial charge < -0.3 is 14.2 Å². The van der Waals surface area contributed by atoms with Gasteiger partial charge in [0.15, 0.2) is 6.10 Å². The zero-order valence-corrected chi connectivity index (χ0v) is 44.8. The van der Waals surface area contributed by atoms with E-state index in [4.69, 9.17) is 14.2 Å². The number of hydrogen-bond donors (Lipinski definition) is 0. The molecule has 0 unspecified atom stereocenters. The molecule has 0 spiro atoms. The number of carbonyl (C=O) groups excluding carboxylic acids is 3. The van der Waals surface area contributed by atoms with Gasteiger partial charge in [-0.1, -0.05) is 286 Å². The highest BCUT2D eigenvalue weighted by atomic mass is 16.6. The van der Waals surface area contributed by atoms with E-state index in [1.807, 2.05) is 0 Å². The first-order chi connectivity index (χ1) is 31.6. The molecule has 0 heterocycles. The van der Waals surface area contributed by atoms with E-state index in [2.05, 4.69) is 41.5 Å². The van der Waals surface area contributed by atoms with E-state index in [-0.39, 0.29) is 31.1 Å². The van der Waals surface area contributed by atoms with Gasteiger partial charge in [-0.05, 0) is 37.0 Å². The molecular weight excluding hydrogens is 805 g/mol. The molecule has 0 rings (SSSR count). The first-order valence-corrected chi connectivity index (χ1v) is 29.1. The molecule has 0 aromatic carbocycles. The Bertz CT molecular complexity index is 1010. The Morgan fingerprint density at radius 1 is 0.262 bits per heavy atom. The van der Waals surface area contributed by atoms with Crippen molar-refractivity contribution in [2.75, 3.05) is 13.2 Å². The van der Waals surface area contributed by atoms with Crippen molar-refractivity contribution in [2.24, 2.45) is 17.8 Å². The number of hydrogen-bond acceptors (Lipinski definition) is 6. The van der Waals surface area contributed by atoms with Crippen molar-refractivity contribution < 1.29 is 28.6 Å². The number of rotatable bonds is 52. The first kappa shape index (κ1) is 63.4. The van der Waals surface area contributed by atoms with Gasteiger partial charge in [-0.15, -0.1) is 0 Å². The van der Waals surface area contributed by atoms with Crippen LogP contribution in [0.5, 0.6) is 0 Å². The van der Waals surface area contributed by atoms with E-state index >= 15 is 0 Å². The molecule has 0 N–H and O–H groups in total. The van der Waals surface area contributed by atoms with Gasteiger partial charge in [-0.25, -0.2) is 0 Å². The third-order valence-electron chi connectivity index (χ3n) is 13.4. The van der Waals surface area contributed by atoms with Gasteiger partial charge in [0, 0.05) is 19.3 Å². The summed E-state index contributed by atoms with van der Waals surface area (Å²) < 4.78 is 16.9. The highest BCUT2D eigenvalue weighted by Gasteiger charge is 2.19. The van der Waals surface area contributed by atoms with E-state index in [1.54, 1.807) is 0 Å². The van der Waals surface area contributed by atoms with Crippen LogP contribution in [-0.2, 0) is 28.6 Å². The standard InChI is InChI=1S/C59H114O6/c1-53(2)45-39-33-27-21-15-11-9-7-8-10-12-18-26-32-38-44-50-59(62)65-56(52-64-58(61)49-43-37-31-25-20-19-23-29-35-41-47-55(5)6)51-63-57(60)48-42-36-30-24-17-14-13-16-22-28-34-40-46-54(3)4/h53-56H,7-52H2,1-6H3/t56-/m1/s1. The van der Waals surface area contributed by atoms with Crippen molar-refractivity contribution >= 4 is 17.9 Å². The van der Waals surface area contributed by atoms with Gasteiger partial charge in [0.2, 0.25) is 0 Å². The van der Waals surface area contributed by atoms with E-state index in [0.717, 1.165) is 75.5 Å². The van der Waals surface area contributed by atoms with Crippen molar-refractivity contribution in [2.45, 2.75) is 330 Å². The van der Waals surface area contributed by atoms with Crippen LogP contribution < -0.4 is 0 Å². The summed E-state index contributed by atoms with van der Waals surface area (Å²) in [7, 11) is 0. The number of carbonyl (C=O) groups is 3. The van der Waals surface area contributed by atoms with Crippen LogP contribution in [0.4, 0.5) is 0 Å². The smallest absolute Gasteiger partial charge is 0.306 e. The predicted octanol–water partition coefficient (Wildman–Crippen LogP) is 19.1. The molecule has 0 aliphatic rings. The van der Waals surface area contributed by atoms with Gasteiger partial charge in [0.25, 0.3) is 0 Å². The summed E-state index contributed by atoms with van der Waals surface area (Å²) in [5.74, 6) is 1.66. The summed E-state index contributed by atoms with van der Waals surface area (Å²) in [5.41, 5.74) is 0. The normalized spacial score (nSPS) is 12.1. The van der Waals surface area contributed by atoms with E-state index in [0.29, 0.717) is 19.3 Å². The molecule has 0 aromatic rings. The zero-order chi connectivity index (χ0) is 47.7. The highest BCUT2D eigenvalue weighted by Crippen LogP contribution is 2.18. The number of ether oxygens (including phenoxy) is 3. The van der Waals surface area contributed by atoms with Gasteiger partial charge >= 0.3 is 17.9 Å². The van der Waals surface area contributed by atoms with Crippen LogP contribution in [0.15, 0.2) is 0 Å². The number of esters is 3. The maximum atomic E-state index is 12.9. The second-order valence-electron chi connectivity index (χ2n) is 21.7. The summed E-state index contributed by atoms with van der Waals surface area (Å²) in [6.07, 6.45) is 52.4. The zero-order valence-electron chi connectivity index (χ0n) is 44.8. The fourth-order valence-corrected chi connectivity index (χ4v) is 9.00. The van der Waals surface area contributed by atoms with Gasteiger partial charge in [0.05, 0.1) is 0 Å². The molecule has 0 aromatic heterocycles. The summed E-state index contributed by atoms with van der Waals surface area (Å²) in [6, 6.07) is 0. The van der Waals surface area contributed by atoms with Gasteiger partial charge in [-0.3, -0.25) is 14.4 Å². The summed E-state index contributed by atoms with van der Waals surface area (Å²) in [6.45, 7) is 13.8. The molecule has 0 aliphatic carbocycles. The van der Waals surface area contributed by atoms with Crippen molar-refractivity contribution in [1.82, 2.24) is 0 Å². The molecule has 0 fully saturated rings. The average Bonchev–Trinajstić information content (AvgIpc) is 3.26. The molecule has 6 nitrogen and oxygen atoms in total. The average molecular weight is 920 g/mol. The predicted molar refractivity (Wildman–Crippen MR) is 279 cm³/mol. The van der Waals surface area contributed by atoms with E-state index in [9.17, 15) is 14.4 Å². The van der Waals surface area contributed by atoms with Crippen molar-refractivity contribution in [3.63, 3.8) is 0 Å². The van der Waals surface area contributed by atoms with Crippen LogP contribution in [0.1, 0.15) is 324 Å². The second kappa shape index (κ2) is 50.3. The quantitative estimate of drug-likeness (QED) is 0.0344. The highest BCUT2D eigenvalue weighted by molar-refractivity contribution is 5.71. The van der Waals surface area contributed by atoms with Crippen LogP contribution in [0.25, 0.3) is 0 Å².